The van der Waals surface area contributed by atoms with Gasteiger partial charge in [-0.2, -0.15) is 5.10 Å². The van der Waals surface area contributed by atoms with Crippen LogP contribution < -0.4 is 5.32 Å². The van der Waals surface area contributed by atoms with Gasteiger partial charge in [0.25, 0.3) is 0 Å². The molecule has 2 unspecified atom stereocenters. The standard InChI is InChI=1S/C12H21N3O/c1-10(2)14-12(9-16)5-4-11(8-12)15-7-3-6-13-15/h3,6-7,10-11,14,16H,4-5,8-9H2,1-2H3. The number of rotatable bonds is 4. The Morgan fingerprint density at radius 1 is 1.62 bits per heavy atom. The normalized spacial score (nSPS) is 30.1. The van der Waals surface area contributed by atoms with Gasteiger partial charge in [-0.3, -0.25) is 4.68 Å². The summed E-state index contributed by atoms with van der Waals surface area (Å²) in [6, 6.07) is 2.78. The van der Waals surface area contributed by atoms with E-state index in [4.69, 9.17) is 0 Å². The zero-order valence-electron chi connectivity index (χ0n) is 10.1. The van der Waals surface area contributed by atoms with Gasteiger partial charge < -0.3 is 10.4 Å². The number of nitrogens with one attached hydrogen (secondary N) is 1. The fourth-order valence-electron chi connectivity index (χ4n) is 2.75. The Bertz CT molecular complexity index is 323. The lowest BCUT2D eigenvalue weighted by molar-refractivity contribution is 0.151. The molecule has 1 fully saturated rings. The quantitative estimate of drug-likeness (QED) is 0.810. The molecule has 0 saturated heterocycles. The van der Waals surface area contributed by atoms with E-state index in [-0.39, 0.29) is 12.1 Å². The molecule has 1 heterocycles. The van der Waals surface area contributed by atoms with Gasteiger partial charge in [0.15, 0.2) is 0 Å². The van der Waals surface area contributed by atoms with E-state index in [9.17, 15) is 5.11 Å². The molecular formula is C12H21N3O. The summed E-state index contributed by atoms with van der Waals surface area (Å²) in [4.78, 5) is 0. The van der Waals surface area contributed by atoms with E-state index < -0.39 is 0 Å². The molecule has 0 bridgehead atoms. The monoisotopic (exact) mass is 223 g/mol. The molecule has 0 aromatic carbocycles. The zero-order chi connectivity index (χ0) is 11.6. The van der Waals surface area contributed by atoms with Gasteiger partial charge in [-0.15, -0.1) is 0 Å². The molecular weight excluding hydrogens is 202 g/mol. The van der Waals surface area contributed by atoms with Gasteiger partial charge in [-0.25, -0.2) is 0 Å². The highest BCUT2D eigenvalue weighted by Gasteiger charge is 2.39. The van der Waals surface area contributed by atoms with Crippen molar-refractivity contribution in [1.29, 1.82) is 0 Å². The second-order valence-electron chi connectivity index (χ2n) is 5.12. The van der Waals surface area contributed by atoms with Gasteiger partial charge in [0.05, 0.1) is 12.6 Å². The molecule has 0 aliphatic heterocycles. The van der Waals surface area contributed by atoms with Crippen LogP contribution in [-0.4, -0.2) is 33.1 Å². The molecule has 2 atom stereocenters. The van der Waals surface area contributed by atoms with Crippen LogP contribution in [0.25, 0.3) is 0 Å². The summed E-state index contributed by atoms with van der Waals surface area (Å²) >= 11 is 0. The van der Waals surface area contributed by atoms with Crippen molar-refractivity contribution < 1.29 is 5.11 Å². The Morgan fingerprint density at radius 2 is 2.44 bits per heavy atom. The Morgan fingerprint density at radius 3 is 3.00 bits per heavy atom. The Hall–Kier alpha value is -0.870. The zero-order valence-corrected chi connectivity index (χ0v) is 10.1. The molecule has 1 aliphatic carbocycles. The van der Waals surface area contributed by atoms with Gasteiger partial charge in [-0.05, 0) is 25.3 Å². The molecule has 4 heteroatoms. The maximum absolute atomic E-state index is 9.59. The van der Waals surface area contributed by atoms with E-state index in [1.54, 1.807) is 0 Å². The number of hydrogen-bond acceptors (Lipinski definition) is 3. The van der Waals surface area contributed by atoms with Crippen molar-refractivity contribution in [2.75, 3.05) is 6.61 Å². The van der Waals surface area contributed by atoms with E-state index in [1.807, 2.05) is 23.1 Å². The molecule has 2 N–H and O–H groups in total. The fraction of sp³-hybridized carbons (Fsp3) is 0.750. The summed E-state index contributed by atoms with van der Waals surface area (Å²) in [5, 5.41) is 17.4. The lowest BCUT2D eigenvalue weighted by Gasteiger charge is -2.31. The molecule has 0 radical (unpaired) electrons. The lowest BCUT2D eigenvalue weighted by Crippen LogP contribution is -2.49. The number of aliphatic hydroxyl groups excluding tert-OH is 1. The van der Waals surface area contributed by atoms with E-state index in [0.717, 1.165) is 19.3 Å². The minimum atomic E-state index is -0.106. The van der Waals surface area contributed by atoms with Crippen LogP contribution in [0.5, 0.6) is 0 Å². The van der Waals surface area contributed by atoms with Crippen LogP contribution in [0.1, 0.15) is 39.2 Å². The maximum atomic E-state index is 9.59. The Kier molecular flexibility index (Phi) is 3.30. The summed E-state index contributed by atoms with van der Waals surface area (Å²) in [7, 11) is 0. The van der Waals surface area contributed by atoms with Crippen molar-refractivity contribution in [3.05, 3.63) is 18.5 Å². The maximum Gasteiger partial charge on any atom is 0.0614 e. The number of hydrogen-bond donors (Lipinski definition) is 2. The predicted molar refractivity (Wildman–Crippen MR) is 63.2 cm³/mol. The van der Waals surface area contributed by atoms with Crippen LogP contribution in [-0.2, 0) is 0 Å². The van der Waals surface area contributed by atoms with E-state index in [2.05, 4.69) is 24.3 Å². The molecule has 16 heavy (non-hydrogen) atoms. The molecule has 90 valence electrons. The first-order valence-electron chi connectivity index (χ1n) is 6.03. The first-order chi connectivity index (χ1) is 7.65. The Labute approximate surface area is 96.7 Å². The molecule has 1 saturated carbocycles. The number of nitrogens with zero attached hydrogens (tertiary/aromatic N) is 2. The summed E-state index contributed by atoms with van der Waals surface area (Å²) < 4.78 is 2.01. The topological polar surface area (TPSA) is 50.1 Å². The average molecular weight is 223 g/mol. The molecule has 2 rings (SSSR count). The highest BCUT2D eigenvalue weighted by Crippen LogP contribution is 2.37. The van der Waals surface area contributed by atoms with Gasteiger partial charge >= 0.3 is 0 Å². The summed E-state index contributed by atoms with van der Waals surface area (Å²) in [5.41, 5.74) is -0.106. The molecule has 1 aliphatic rings. The summed E-state index contributed by atoms with van der Waals surface area (Å²) in [6.45, 7) is 4.46. The van der Waals surface area contributed by atoms with Crippen molar-refractivity contribution in [3.8, 4) is 0 Å². The van der Waals surface area contributed by atoms with Crippen molar-refractivity contribution in [3.63, 3.8) is 0 Å². The van der Waals surface area contributed by atoms with Crippen LogP contribution >= 0.6 is 0 Å². The number of aromatic nitrogens is 2. The third-order valence-corrected chi connectivity index (χ3v) is 3.38. The summed E-state index contributed by atoms with van der Waals surface area (Å²) in [5.74, 6) is 0. The smallest absolute Gasteiger partial charge is 0.0614 e. The molecule has 1 aromatic rings. The van der Waals surface area contributed by atoms with E-state index in [1.165, 1.54) is 0 Å². The molecule has 1 aromatic heterocycles. The number of aliphatic hydroxyl groups is 1. The molecule has 0 amide bonds. The summed E-state index contributed by atoms with van der Waals surface area (Å²) in [6.07, 6.45) is 6.89. The second-order valence-corrected chi connectivity index (χ2v) is 5.12. The second kappa shape index (κ2) is 4.55. The van der Waals surface area contributed by atoms with Gasteiger partial charge in [0.1, 0.15) is 0 Å². The van der Waals surface area contributed by atoms with Gasteiger partial charge in [0.2, 0.25) is 0 Å². The first kappa shape index (κ1) is 11.6. The largest absolute Gasteiger partial charge is 0.394 e. The Balaban J connectivity index is 2.05. The molecule has 0 spiro atoms. The van der Waals surface area contributed by atoms with E-state index >= 15 is 0 Å². The minimum absolute atomic E-state index is 0.106. The lowest BCUT2D eigenvalue weighted by atomic mass is 9.97. The SMILES string of the molecule is CC(C)NC1(CO)CCC(n2cccn2)C1. The minimum Gasteiger partial charge on any atom is -0.394 e. The fourth-order valence-corrected chi connectivity index (χ4v) is 2.75. The van der Waals surface area contributed by atoms with Crippen LogP contribution in [0.15, 0.2) is 18.5 Å². The highest BCUT2D eigenvalue weighted by atomic mass is 16.3. The first-order valence-corrected chi connectivity index (χ1v) is 6.03. The van der Waals surface area contributed by atoms with Crippen molar-refractivity contribution in [2.24, 2.45) is 0 Å². The molecule has 4 nitrogen and oxygen atoms in total. The van der Waals surface area contributed by atoms with Gasteiger partial charge in [-0.1, -0.05) is 13.8 Å². The average Bonchev–Trinajstić information content (AvgIpc) is 2.85. The van der Waals surface area contributed by atoms with Crippen molar-refractivity contribution in [1.82, 2.24) is 15.1 Å². The van der Waals surface area contributed by atoms with Crippen molar-refractivity contribution >= 4 is 0 Å². The van der Waals surface area contributed by atoms with Crippen LogP contribution in [0, 0.1) is 0 Å². The predicted octanol–water partition coefficient (Wildman–Crippen LogP) is 1.34. The highest BCUT2D eigenvalue weighted by molar-refractivity contribution is 4.99. The third-order valence-electron chi connectivity index (χ3n) is 3.38. The van der Waals surface area contributed by atoms with Crippen LogP contribution in [0.4, 0.5) is 0 Å². The van der Waals surface area contributed by atoms with Crippen LogP contribution in [0.2, 0.25) is 0 Å². The van der Waals surface area contributed by atoms with E-state index in [0.29, 0.717) is 12.1 Å². The van der Waals surface area contributed by atoms with Crippen LogP contribution in [0.3, 0.4) is 0 Å². The van der Waals surface area contributed by atoms with Crippen molar-refractivity contribution in [2.45, 2.75) is 50.7 Å². The van der Waals surface area contributed by atoms with Gasteiger partial charge in [0, 0.05) is 24.0 Å². The third kappa shape index (κ3) is 2.28.